The van der Waals surface area contributed by atoms with Crippen molar-refractivity contribution in [3.05, 3.63) is 52.2 Å². The summed E-state index contributed by atoms with van der Waals surface area (Å²) in [6.07, 6.45) is 2.64. The first-order valence-electron chi connectivity index (χ1n) is 7.15. The smallest absolute Gasteiger partial charge is 0.138 e. The number of nitrogens with one attached hydrogen (secondary N) is 1. The van der Waals surface area contributed by atoms with E-state index in [9.17, 15) is 0 Å². The summed E-state index contributed by atoms with van der Waals surface area (Å²) in [5, 5.41) is 4.64. The van der Waals surface area contributed by atoms with E-state index in [1.165, 1.54) is 27.0 Å². The first-order chi connectivity index (χ1) is 10.1. The second-order valence-electron chi connectivity index (χ2n) is 5.35. The molecule has 3 nitrogen and oxygen atoms in total. The van der Waals surface area contributed by atoms with Crippen LogP contribution in [0.15, 0.2) is 30.6 Å². The van der Waals surface area contributed by atoms with Crippen molar-refractivity contribution in [2.75, 3.05) is 11.9 Å². The van der Waals surface area contributed by atoms with Crippen LogP contribution in [0.1, 0.15) is 21.6 Å². The van der Waals surface area contributed by atoms with Crippen LogP contribution in [0.4, 0.5) is 5.82 Å². The van der Waals surface area contributed by atoms with Gasteiger partial charge < -0.3 is 5.32 Å². The van der Waals surface area contributed by atoms with Gasteiger partial charge in [0.1, 0.15) is 17.0 Å². The minimum atomic E-state index is 0.879. The highest BCUT2D eigenvalue weighted by molar-refractivity contribution is 7.18. The lowest BCUT2D eigenvalue weighted by atomic mass is 10.1. The maximum atomic E-state index is 4.41. The van der Waals surface area contributed by atoms with E-state index in [1.807, 2.05) is 0 Å². The number of anilines is 1. The first kappa shape index (κ1) is 14.0. The molecular formula is C17H19N3S. The van der Waals surface area contributed by atoms with Crippen LogP contribution in [0.3, 0.4) is 0 Å². The zero-order valence-electron chi connectivity index (χ0n) is 12.6. The molecule has 0 aliphatic heterocycles. The van der Waals surface area contributed by atoms with Gasteiger partial charge in [-0.1, -0.05) is 29.8 Å². The van der Waals surface area contributed by atoms with E-state index in [2.05, 4.69) is 60.3 Å². The van der Waals surface area contributed by atoms with Crippen LogP contribution in [-0.4, -0.2) is 16.5 Å². The van der Waals surface area contributed by atoms with Crippen LogP contribution in [0, 0.1) is 20.8 Å². The largest absolute Gasteiger partial charge is 0.369 e. The quantitative estimate of drug-likeness (QED) is 0.781. The van der Waals surface area contributed by atoms with Gasteiger partial charge in [-0.15, -0.1) is 11.3 Å². The topological polar surface area (TPSA) is 37.8 Å². The molecule has 0 amide bonds. The Balaban J connectivity index is 1.76. The lowest BCUT2D eigenvalue weighted by Gasteiger charge is -2.08. The Morgan fingerprint density at radius 3 is 2.81 bits per heavy atom. The number of hydrogen-bond acceptors (Lipinski definition) is 4. The van der Waals surface area contributed by atoms with Crippen molar-refractivity contribution in [2.45, 2.75) is 27.2 Å². The molecule has 3 aromatic rings. The molecule has 2 aromatic heterocycles. The molecule has 0 aliphatic rings. The van der Waals surface area contributed by atoms with E-state index in [0.717, 1.165) is 23.6 Å². The van der Waals surface area contributed by atoms with Gasteiger partial charge in [0.05, 0.1) is 5.39 Å². The van der Waals surface area contributed by atoms with Crippen molar-refractivity contribution in [3.8, 4) is 0 Å². The van der Waals surface area contributed by atoms with Crippen molar-refractivity contribution in [1.29, 1.82) is 0 Å². The lowest BCUT2D eigenvalue weighted by Crippen LogP contribution is -2.07. The fraction of sp³-hybridized carbons (Fsp3) is 0.294. The lowest BCUT2D eigenvalue weighted by molar-refractivity contribution is 1.00. The maximum Gasteiger partial charge on any atom is 0.138 e. The second kappa shape index (κ2) is 5.82. The van der Waals surface area contributed by atoms with Gasteiger partial charge in [0.25, 0.3) is 0 Å². The molecule has 1 aromatic carbocycles. The Bertz CT molecular complexity index is 777. The molecule has 0 bridgehead atoms. The molecule has 0 aliphatic carbocycles. The highest BCUT2D eigenvalue weighted by Gasteiger charge is 2.11. The van der Waals surface area contributed by atoms with E-state index in [4.69, 9.17) is 0 Å². The predicted molar refractivity (Wildman–Crippen MR) is 90.3 cm³/mol. The summed E-state index contributed by atoms with van der Waals surface area (Å²) in [5.41, 5.74) is 3.95. The molecule has 0 fully saturated rings. The number of aromatic nitrogens is 2. The summed E-state index contributed by atoms with van der Waals surface area (Å²) in [6.45, 7) is 7.29. The minimum absolute atomic E-state index is 0.879. The molecule has 2 heterocycles. The van der Waals surface area contributed by atoms with Crippen molar-refractivity contribution in [1.82, 2.24) is 9.97 Å². The van der Waals surface area contributed by atoms with Gasteiger partial charge in [0.15, 0.2) is 0 Å². The highest BCUT2D eigenvalue weighted by Crippen LogP contribution is 2.32. The molecule has 1 N–H and O–H groups in total. The molecule has 0 spiro atoms. The summed E-state index contributed by atoms with van der Waals surface area (Å²) in [4.78, 5) is 11.2. The monoisotopic (exact) mass is 297 g/mol. The van der Waals surface area contributed by atoms with Gasteiger partial charge in [-0.2, -0.15) is 0 Å². The zero-order chi connectivity index (χ0) is 14.8. The SMILES string of the molecule is Cc1cccc(CCNc2ncnc3sc(C)c(C)c23)c1. The molecule has 0 saturated heterocycles. The molecule has 21 heavy (non-hydrogen) atoms. The fourth-order valence-electron chi connectivity index (χ4n) is 2.51. The first-order valence-corrected chi connectivity index (χ1v) is 7.97. The maximum absolute atomic E-state index is 4.41. The fourth-order valence-corrected chi connectivity index (χ4v) is 3.51. The van der Waals surface area contributed by atoms with Gasteiger partial charge in [0.2, 0.25) is 0 Å². The highest BCUT2D eigenvalue weighted by atomic mass is 32.1. The van der Waals surface area contributed by atoms with E-state index < -0.39 is 0 Å². The Labute approximate surface area is 129 Å². The number of thiophene rings is 1. The van der Waals surface area contributed by atoms with Crippen molar-refractivity contribution < 1.29 is 0 Å². The number of hydrogen-bond donors (Lipinski definition) is 1. The van der Waals surface area contributed by atoms with E-state index in [-0.39, 0.29) is 0 Å². The van der Waals surface area contributed by atoms with E-state index in [0.29, 0.717) is 0 Å². The number of fused-ring (bicyclic) bond motifs is 1. The summed E-state index contributed by atoms with van der Waals surface area (Å²) in [5.74, 6) is 0.953. The number of benzene rings is 1. The summed E-state index contributed by atoms with van der Waals surface area (Å²) in [6, 6.07) is 8.64. The second-order valence-corrected chi connectivity index (χ2v) is 6.55. The Morgan fingerprint density at radius 2 is 2.00 bits per heavy atom. The summed E-state index contributed by atoms with van der Waals surface area (Å²) in [7, 11) is 0. The molecule has 0 atom stereocenters. The van der Waals surface area contributed by atoms with Gasteiger partial charge in [-0.3, -0.25) is 0 Å². The molecule has 3 rings (SSSR count). The average Bonchev–Trinajstić information content (AvgIpc) is 2.75. The molecule has 0 radical (unpaired) electrons. The summed E-state index contributed by atoms with van der Waals surface area (Å²) < 4.78 is 0. The van der Waals surface area contributed by atoms with Crippen molar-refractivity contribution >= 4 is 27.4 Å². The van der Waals surface area contributed by atoms with E-state index >= 15 is 0 Å². The van der Waals surface area contributed by atoms with Crippen LogP contribution in [0.2, 0.25) is 0 Å². The Kier molecular flexibility index (Phi) is 3.88. The third-order valence-corrected chi connectivity index (χ3v) is 4.87. The van der Waals surface area contributed by atoms with Crippen LogP contribution >= 0.6 is 11.3 Å². The zero-order valence-corrected chi connectivity index (χ0v) is 13.4. The van der Waals surface area contributed by atoms with Crippen molar-refractivity contribution in [2.24, 2.45) is 0 Å². The van der Waals surface area contributed by atoms with Gasteiger partial charge >= 0.3 is 0 Å². The standard InChI is InChI=1S/C17H19N3S/c1-11-5-4-6-14(9-11)7-8-18-16-15-12(2)13(3)21-17(15)20-10-19-16/h4-6,9-10H,7-8H2,1-3H3,(H,18,19,20). The molecule has 0 saturated carbocycles. The van der Waals surface area contributed by atoms with Gasteiger partial charge in [0, 0.05) is 11.4 Å². The Morgan fingerprint density at radius 1 is 1.14 bits per heavy atom. The van der Waals surface area contributed by atoms with Gasteiger partial charge in [-0.25, -0.2) is 9.97 Å². The van der Waals surface area contributed by atoms with Crippen LogP contribution < -0.4 is 5.32 Å². The molecule has 108 valence electrons. The van der Waals surface area contributed by atoms with E-state index in [1.54, 1.807) is 17.7 Å². The van der Waals surface area contributed by atoms with Gasteiger partial charge in [-0.05, 0) is 38.3 Å². The van der Waals surface area contributed by atoms with Crippen molar-refractivity contribution in [3.63, 3.8) is 0 Å². The summed E-state index contributed by atoms with van der Waals surface area (Å²) >= 11 is 1.73. The minimum Gasteiger partial charge on any atom is -0.369 e. The molecular weight excluding hydrogens is 278 g/mol. The number of nitrogens with zero attached hydrogens (tertiary/aromatic N) is 2. The average molecular weight is 297 g/mol. The Hall–Kier alpha value is -1.94. The van der Waals surface area contributed by atoms with Crippen LogP contribution in [0.25, 0.3) is 10.2 Å². The van der Waals surface area contributed by atoms with Crippen LogP contribution in [0.5, 0.6) is 0 Å². The normalized spacial score (nSPS) is 11.0. The third kappa shape index (κ3) is 2.90. The number of rotatable bonds is 4. The molecule has 4 heteroatoms. The number of aryl methyl sites for hydroxylation is 3. The van der Waals surface area contributed by atoms with Crippen LogP contribution in [-0.2, 0) is 6.42 Å². The third-order valence-electron chi connectivity index (χ3n) is 3.75. The predicted octanol–water partition coefficient (Wildman–Crippen LogP) is 4.27. The molecule has 0 unspecified atom stereocenters.